The fourth-order valence-corrected chi connectivity index (χ4v) is 5.39. The normalized spacial score (nSPS) is 16.8. The van der Waals surface area contributed by atoms with Gasteiger partial charge in [-0.1, -0.05) is 48.2 Å². The van der Waals surface area contributed by atoms with Crippen LogP contribution in [0.1, 0.15) is 17.0 Å². The van der Waals surface area contributed by atoms with Crippen molar-refractivity contribution < 1.29 is 17.9 Å². The fraction of sp³-hybridized carbons (Fsp3) is 0.222. The molecule has 0 amide bonds. The Morgan fingerprint density at radius 2 is 1.85 bits per heavy atom. The van der Waals surface area contributed by atoms with E-state index in [-0.39, 0.29) is 29.1 Å². The van der Waals surface area contributed by atoms with Gasteiger partial charge in [0.25, 0.3) is 0 Å². The summed E-state index contributed by atoms with van der Waals surface area (Å²) in [6, 6.07) is 16.9. The number of halogens is 4. The smallest absolute Gasteiger partial charge is 0.378 e. The van der Waals surface area contributed by atoms with Gasteiger partial charge in [-0.2, -0.15) is 18.4 Å². The molecule has 0 radical (unpaired) electrons. The van der Waals surface area contributed by atoms with Crippen LogP contribution in [0.25, 0.3) is 17.0 Å². The number of hydrogen-bond acceptors (Lipinski definition) is 7. The van der Waals surface area contributed by atoms with Gasteiger partial charge in [-0.15, -0.1) is 33.8 Å². The quantitative estimate of drug-likeness (QED) is 0.244. The number of thioether (sulfide) groups is 1. The Bertz CT molecular complexity index is 1440. The Morgan fingerprint density at radius 3 is 2.51 bits per heavy atom. The van der Waals surface area contributed by atoms with Crippen LogP contribution in [0.3, 0.4) is 0 Å². The van der Waals surface area contributed by atoms with Crippen molar-refractivity contribution in [3.8, 4) is 11.8 Å². The molecule has 0 N–H and O–H groups in total. The van der Waals surface area contributed by atoms with E-state index in [1.807, 2.05) is 34.9 Å². The van der Waals surface area contributed by atoms with E-state index in [0.29, 0.717) is 54.4 Å². The number of morpholine rings is 1. The first-order valence-electron chi connectivity index (χ1n) is 11.8. The maximum Gasteiger partial charge on any atom is 0.416 e. The Kier molecular flexibility index (Phi) is 8.84. The second-order valence-electron chi connectivity index (χ2n) is 8.48. The first-order chi connectivity index (χ1) is 18.4. The molecule has 0 spiro atoms. The lowest BCUT2D eigenvalue weighted by Crippen LogP contribution is -2.38. The van der Waals surface area contributed by atoms with Crippen LogP contribution in [0, 0.1) is 11.3 Å². The number of benzene rings is 2. The molecule has 3 heterocycles. The van der Waals surface area contributed by atoms with Gasteiger partial charge < -0.3 is 14.5 Å². The SMILES string of the molecule is Br.C=CCN1C(c2cccc(C(F)(F)F)c2)=CS/C1=C(\C#N)c1nnc(N2CCOCC2)n1-c1ccccc1. The van der Waals surface area contributed by atoms with Crippen molar-refractivity contribution in [3.63, 3.8) is 0 Å². The van der Waals surface area contributed by atoms with Gasteiger partial charge in [-0.3, -0.25) is 4.57 Å². The predicted molar refractivity (Wildman–Crippen MR) is 151 cm³/mol. The summed E-state index contributed by atoms with van der Waals surface area (Å²) in [4.78, 5) is 3.84. The van der Waals surface area contributed by atoms with Gasteiger partial charge in [-0.05, 0) is 29.8 Å². The van der Waals surface area contributed by atoms with Gasteiger partial charge in [-0.25, -0.2) is 0 Å². The molecule has 1 fully saturated rings. The van der Waals surface area contributed by atoms with E-state index >= 15 is 0 Å². The zero-order valence-electron chi connectivity index (χ0n) is 20.6. The van der Waals surface area contributed by atoms with Crippen molar-refractivity contribution in [1.29, 1.82) is 5.26 Å². The standard InChI is InChI=1S/C27H23F3N6OS.BrH/c1-2-11-35-23(19-7-6-8-20(16-19)27(28,29)30)18-38-25(35)22(17-31)24-32-33-26(34-12-14-37-15-13-34)36(24)21-9-4-3-5-10-21;/h2-10,16,18H,1,11-15H2;1H/b25-22+;. The number of aromatic nitrogens is 3. The van der Waals surface area contributed by atoms with E-state index in [1.54, 1.807) is 22.5 Å². The number of para-hydroxylation sites is 1. The molecule has 7 nitrogen and oxygen atoms in total. The second-order valence-corrected chi connectivity index (χ2v) is 9.34. The van der Waals surface area contributed by atoms with Crippen molar-refractivity contribution in [3.05, 3.63) is 94.6 Å². The minimum absolute atomic E-state index is 0. The summed E-state index contributed by atoms with van der Waals surface area (Å²) in [6.07, 6.45) is -2.83. The topological polar surface area (TPSA) is 70.2 Å². The predicted octanol–water partition coefficient (Wildman–Crippen LogP) is 6.13. The monoisotopic (exact) mass is 616 g/mol. The number of anilines is 1. The summed E-state index contributed by atoms with van der Waals surface area (Å²) < 4.78 is 47.5. The lowest BCUT2D eigenvalue weighted by molar-refractivity contribution is -0.137. The zero-order valence-corrected chi connectivity index (χ0v) is 23.2. The minimum atomic E-state index is -4.47. The molecule has 5 rings (SSSR count). The molecule has 3 aromatic rings. The molecule has 0 bridgehead atoms. The molecule has 39 heavy (non-hydrogen) atoms. The highest BCUT2D eigenvalue weighted by molar-refractivity contribution is 8.93. The molecule has 0 unspecified atom stereocenters. The average molecular weight is 617 g/mol. The molecule has 0 aliphatic carbocycles. The van der Waals surface area contributed by atoms with Gasteiger partial charge in [0.2, 0.25) is 5.95 Å². The highest BCUT2D eigenvalue weighted by Gasteiger charge is 2.33. The van der Waals surface area contributed by atoms with Crippen molar-refractivity contribution in [2.45, 2.75) is 6.18 Å². The van der Waals surface area contributed by atoms with Crippen LogP contribution in [0.15, 0.2) is 77.7 Å². The van der Waals surface area contributed by atoms with Crippen LogP contribution in [0.5, 0.6) is 0 Å². The highest BCUT2D eigenvalue weighted by atomic mass is 79.9. The van der Waals surface area contributed by atoms with E-state index in [2.05, 4.69) is 27.7 Å². The number of allylic oxidation sites excluding steroid dienone is 1. The number of nitrogens with zero attached hydrogens (tertiary/aromatic N) is 6. The fourth-order valence-electron chi connectivity index (χ4n) is 4.35. The van der Waals surface area contributed by atoms with Crippen LogP contribution in [-0.2, 0) is 10.9 Å². The summed E-state index contributed by atoms with van der Waals surface area (Å²) in [5.74, 6) is 0.933. The van der Waals surface area contributed by atoms with E-state index in [9.17, 15) is 18.4 Å². The lowest BCUT2D eigenvalue weighted by Gasteiger charge is -2.28. The van der Waals surface area contributed by atoms with Gasteiger partial charge in [0.05, 0.1) is 30.2 Å². The summed E-state index contributed by atoms with van der Waals surface area (Å²) in [5.41, 5.74) is 1.23. The molecular formula is C27H24BrF3N6OS. The van der Waals surface area contributed by atoms with E-state index in [4.69, 9.17) is 4.74 Å². The third kappa shape index (κ3) is 5.75. The van der Waals surface area contributed by atoms with Crippen LogP contribution in [-0.4, -0.2) is 52.5 Å². The maximum atomic E-state index is 13.4. The zero-order chi connectivity index (χ0) is 26.7. The van der Waals surface area contributed by atoms with Crippen LogP contribution in [0.2, 0.25) is 0 Å². The van der Waals surface area contributed by atoms with Crippen LogP contribution >= 0.6 is 28.7 Å². The molecule has 0 atom stereocenters. The first-order valence-corrected chi connectivity index (χ1v) is 12.7. The van der Waals surface area contributed by atoms with E-state index in [1.165, 1.54) is 17.8 Å². The molecule has 1 saturated heterocycles. The molecular weight excluding hydrogens is 593 g/mol. The molecule has 202 valence electrons. The Hall–Kier alpha value is -3.53. The molecule has 12 heteroatoms. The van der Waals surface area contributed by atoms with E-state index in [0.717, 1.165) is 17.8 Å². The van der Waals surface area contributed by atoms with E-state index < -0.39 is 11.7 Å². The number of nitriles is 1. The Balaban J connectivity index is 0.00000353. The highest BCUT2D eigenvalue weighted by Crippen LogP contribution is 2.44. The number of hydrogen-bond donors (Lipinski definition) is 0. The molecule has 0 saturated carbocycles. The second kappa shape index (κ2) is 12.1. The summed E-state index contributed by atoms with van der Waals surface area (Å²) in [6.45, 7) is 6.46. The molecule has 2 aliphatic heterocycles. The van der Waals surface area contributed by atoms with Gasteiger partial charge in [0.15, 0.2) is 5.82 Å². The summed E-state index contributed by atoms with van der Waals surface area (Å²) in [5, 5.41) is 21.5. The number of rotatable bonds is 6. The number of alkyl halides is 3. The third-order valence-electron chi connectivity index (χ3n) is 6.12. The largest absolute Gasteiger partial charge is 0.416 e. The molecule has 2 aromatic carbocycles. The third-order valence-corrected chi connectivity index (χ3v) is 7.11. The van der Waals surface area contributed by atoms with Crippen molar-refractivity contribution in [2.24, 2.45) is 0 Å². The molecule has 2 aliphatic rings. The van der Waals surface area contributed by atoms with Gasteiger partial charge in [0, 0.05) is 25.0 Å². The van der Waals surface area contributed by atoms with Crippen molar-refractivity contribution in [2.75, 3.05) is 37.7 Å². The number of ether oxygens (including phenoxy) is 1. The van der Waals surface area contributed by atoms with Gasteiger partial charge >= 0.3 is 6.18 Å². The summed E-state index contributed by atoms with van der Waals surface area (Å²) in [7, 11) is 0. The lowest BCUT2D eigenvalue weighted by atomic mass is 10.1. The Labute approximate surface area is 238 Å². The van der Waals surface area contributed by atoms with Crippen LogP contribution < -0.4 is 4.90 Å². The summed E-state index contributed by atoms with van der Waals surface area (Å²) >= 11 is 1.26. The van der Waals surface area contributed by atoms with Crippen molar-refractivity contribution in [1.82, 2.24) is 19.7 Å². The molecule has 1 aromatic heterocycles. The Morgan fingerprint density at radius 1 is 1.10 bits per heavy atom. The average Bonchev–Trinajstić information content (AvgIpc) is 3.55. The van der Waals surface area contributed by atoms with Crippen molar-refractivity contribution >= 4 is 46.0 Å². The minimum Gasteiger partial charge on any atom is -0.378 e. The first kappa shape index (κ1) is 28.5. The maximum absolute atomic E-state index is 13.4. The van der Waals surface area contributed by atoms with Gasteiger partial charge in [0.1, 0.15) is 16.7 Å². The van der Waals surface area contributed by atoms with Crippen LogP contribution in [0.4, 0.5) is 19.1 Å².